The minimum atomic E-state index is -0.367. The highest BCUT2D eigenvalue weighted by atomic mass is 32.1. The lowest BCUT2D eigenvalue weighted by molar-refractivity contribution is -0.142. The van der Waals surface area contributed by atoms with E-state index in [-0.39, 0.29) is 36.1 Å². The van der Waals surface area contributed by atoms with Gasteiger partial charge in [-0.25, -0.2) is 0 Å². The quantitative estimate of drug-likeness (QED) is 0.834. The average Bonchev–Trinajstić information content (AvgIpc) is 3.27. The van der Waals surface area contributed by atoms with Gasteiger partial charge in [0.2, 0.25) is 17.7 Å². The predicted molar refractivity (Wildman–Crippen MR) is 96.1 cm³/mol. The van der Waals surface area contributed by atoms with Crippen LogP contribution in [-0.2, 0) is 14.4 Å². The first kappa shape index (κ1) is 16.8. The average molecular weight is 370 g/mol. The molecule has 8 heteroatoms. The molecule has 2 atom stereocenters. The minimum absolute atomic E-state index is 0.193. The monoisotopic (exact) mass is 370 g/mol. The van der Waals surface area contributed by atoms with Gasteiger partial charge in [-0.1, -0.05) is 29.5 Å². The summed E-state index contributed by atoms with van der Waals surface area (Å²) in [7, 11) is 0. The van der Waals surface area contributed by atoms with E-state index in [9.17, 15) is 14.4 Å². The fourth-order valence-corrected chi connectivity index (χ4v) is 4.21. The van der Waals surface area contributed by atoms with Crippen LogP contribution in [0.5, 0.6) is 0 Å². The molecule has 2 fully saturated rings. The summed E-state index contributed by atoms with van der Waals surface area (Å²) in [5.41, 5.74) is 2.30. The lowest BCUT2D eigenvalue weighted by atomic mass is 9.81. The third-order valence-electron chi connectivity index (χ3n) is 5.06. The first-order valence-electron chi connectivity index (χ1n) is 8.66. The molecule has 1 N–H and O–H groups in total. The molecule has 1 saturated heterocycles. The van der Waals surface area contributed by atoms with Crippen LogP contribution in [-0.4, -0.2) is 38.8 Å². The fraction of sp³-hybridized carbons (Fsp3) is 0.389. The maximum atomic E-state index is 12.4. The number of nitrogens with one attached hydrogen (secondary N) is 1. The molecule has 4 rings (SSSR count). The summed E-state index contributed by atoms with van der Waals surface area (Å²) >= 11 is 1.28. The number of aromatic nitrogens is 2. The summed E-state index contributed by atoms with van der Waals surface area (Å²) in [6.07, 6.45) is 3.45. The van der Waals surface area contributed by atoms with Crippen molar-refractivity contribution in [2.75, 3.05) is 11.9 Å². The molecule has 26 heavy (non-hydrogen) atoms. The molecular formula is C18H18N4O3S. The molecule has 1 aromatic heterocycles. The van der Waals surface area contributed by atoms with Crippen molar-refractivity contribution >= 4 is 34.9 Å². The van der Waals surface area contributed by atoms with Gasteiger partial charge in [-0.2, -0.15) is 0 Å². The molecule has 2 aromatic rings. The molecule has 1 aliphatic carbocycles. The van der Waals surface area contributed by atoms with E-state index < -0.39 is 0 Å². The number of benzene rings is 1. The van der Waals surface area contributed by atoms with Crippen LogP contribution in [0.1, 0.15) is 25.7 Å². The van der Waals surface area contributed by atoms with Crippen LogP contribution in [0.2, 0.25) is 0 Å². The molecule has 1 aliphatic heterocycles. The van der Waals surface area contributed by atoms with Crippen LogP contribution in [0.25, 0.3) is 11.3 Å². The molecule has 1 aromatic carbocycles. The van der Waals surface area contributed by atoms with Gasteiger partial charge in [0.25, 0.3) is 0 Å². The van der Waals surface area contributed by atoms with Gasteiger partial charge >= 0.3 is 0 Å². The highest BCUT2D eigenvalue weighted by Crippen LogP contribution is 2.37. The van der Waals surface area contributed by atoms with Crippen LogP contribution >= 0.6 is 11.5 Å². The van der Waals surface area contributed by atoms with Crippen molar-refractivity contribution in [1.29, 1.82) is 0 Å². The third-order valence-corrected chi connectivity index (χ3v) is 5.56. The zero-order valence-electron chi connectivity index (χ0n) is 14.1. The van der Waals surface area contributed by atoms with Gasteiger partial charge < -0.3 is 5.32 Å². The molecule has 0 spiro atoms. The summed E-state index contributed by atoms with van der Waals surface area (Å²) < 4.78 is 3.82. The Labute approximate surface area is 154 Å². The van der Waals surface area contributed by atoms with Crippen molar-refractivity contribution in [2.45, 2.75) is 25.7 Å². The van der Waals surface area contributed by atoms with Crippen LogP contribution in [0.3, 0.4) is 0 Å². The van der Waals surface area contributed by atoms with E-state index in [1.165, 1.54) is 11.5 Å². The van der Waals surface area contributed by atoms with Gasteiger partial charge in [0.05, 0.1) is 11.8 Å². The van der Waals surface area contributed by atoms with E-state index in [0.29, 0.717) is 5.69 Å². The molecule has 2 aliphatic rings. The van der Waals surface area contributed by atoms with E-state index in [0.717, 1.165) is 41.8 Å². The topological polar surface area (TPSA) is 92.3 Å². The van der Waals surface area contributed by atoms with E-state index in [1.54, 1.807) is 12.1 Å². The van der Waals surface area contributed by atoms with Crippen LogP contribution in [0, 0.1) is 11.8 Å². The number of anilines is 1. The van der Waals surface area contributed by atoms with Crippen molar-refractivity contribution in [1.82, 2.24) is 14.5 Å². The molecule has 7 nitrogen and oxygen atoms in total. The summed E-state index contributed by atoms with van der Waals surface area (Å²) in [5, 5.41) is 8.59. The van der Waals surface area contributed by atoms with Crippen molar-refractivity contribution in [2.24, 2.45) is 11.8 Å². The Kier molecular flexibility index (Phi) is 4.50. The van der Waals surface area contributed by atoms with Crippen molar-refractivity contribution in [3.63, 3.8) is 0 Å². The number of likely N-dealkylation sites (tertiary alicyclic amines) is 1. The Morgan fingerprint density at radius 2 is 1.77 bits per heavy atom. The van der Waals surface area contributed by atoms with Crippen molar-refractivity contribution in [3.05, 3.63) is 29.6 Å². The second-order valence-corrected chi connectivity index (χ2v) is 7.29. The highest BCUT2D eigenvalue weighted by molar-refractivity contribution is 7.03. The number of amides is 3. The molecule has 2 heterocycles. The summed E-state index contributed by atoms with van der Waals surface area (Å²) in [6, 6.07) is 7.21. The van der Waals surface area contributed by atoms with Crippen molar-refractivity contribution in [3.8, 4) is 11.3 Å². The van der Waals surface area contributed by atoms with E-state index in [2.05, 4.69) is 14.9 Å². The number of hydrogen-bond acceptors (Lipinski definition) is 6. The number of carbonyl (C=O) groups is 3. The van der Waals surface area contributed by atoms with Crippen LogP contribution < -0.4 is 5.32 Å². The Bertz CT molecular complexity index is 811. The summed E-state index contributed by atoms with van der Waals surface area (Å²) in [6.45, 7) is -0.220. The molecular weight excluding hydrogens is 352 g/mol. The van der Waals surface area contributed by atoms with Gasteiger partial charge in [0, 0.05) is 16.6 Å². The second-order valence-electron chi connectivity index (χ2n) is 6.68. The standard InChI is InChI=1S/C18H18N4O3S/c23-16(9-22-17(24)13-3-1-2-4-14(13)18(22)25)19-12-7-5-11(6-8-12)15-10-26-21-20-15/h5-8,10,13-14H,1-4,9H2,(H,19,23). The first-order chi connectivity index (χ1) is 12.6. The lowest BCUT2D eigenvalue weighted by Crippen LogP contribution is -2.38. The minimum Gasteiger partial charge on any atom is -0.325 e. The highest BCUT2D eigenvalue weighted by Gasteiger charge is 2.48. The van der Waals surface area contributed by atoms with Crippen LogP contribution in [0.4, 0.5) is 5.69 Å². The number of nitrogens with zero attached hydrogens (tertiary/aromatic N) is 3. The van der Waals surface area contributed by atoms with Crippen LogP contribution in [0.15, 0.2) is 29.6 Å². The number of rotatable bonds is 4. The Morgan fingerprint density at radius 3 is 2.35 bits per heavy atom. The second kappa shape index (κ2) is 6.95. The predicted octanol–water partition coefficient (Wildman–Crippen LogP) is 2.32. The molecule has 1 saturated carbocycles. The van der Waals surface area contributed by atoms with Gasteiger partial charge in [0.15, 0.2) is 0 Å². The van der Waals surface area contributed by atoms with E-state index in [4.69, 9.17) is 0 Å². The molecule has 3 amide bonds. The maximum absolute atomic E-state index is 12.4. The SMILES string of the molecule is O=C(CN1C(=O)C2CCCCC2C1=O)Nc1ccc(-c2csnn2)cc1. The zero-order chi connectivity index (χ0) is 18.1. The zero-order valence-corrected chi connectivity index (χ0v) is 14.9. The van der Waals surface area contributed by atoms with Crippen molar-refractivity contribution < 1.29 is 14.4 Å². The normalized spacial score (nSPS) is 22.4. The number of fused-ring (bicyclic) bond motifs is 1. The van der Waals surface area contributed by atoms with E-state index in [1.807, 2.05) is 17.5 Å². The number of hydrogen-bond donors (Lipinski definition) is 1. The third kappa shape index (κ3) is 3.12. The maximum Gasteiger partial charge on any atom is 0.244 e. The van der Waals surface area contributed by atoms with Gasteiger partial charge in [-0.05, 0) is 36.5 Å². The lowest BCUT2D eigenvalue weighted by Gasteiger charge is -2.19. The summed E-state index contributed by atoms with van der Waals surface area (Å²) in [5.74, 6) is -1.21. The molecule has 0 bridgehead atoms. The first-order valence-corrected chi connectivity index (χ1v) is 9.50. The molecule has 134 valence electrons. The largest absolute Gasteiger partial charge is 0.325 e. The Hall–Kier alpha value is -2.61. The molecule has 2 unspecified atom stereocenters. The van der Waals surface area contributed by atoms with Gasteiger partial charge in [0.1, 0.15) is 12.2 Å². The Balaban J connectivity index is 1.39. The Morgan fingerprint density at radius 1 is 1.12 bits per heavy atom. The van der Waals surface area contributed by atoms with Gasteiger partial charge in [-0.15, -0.1) is 5.10 Å². The smallest absolute Gasteiger partial charge is 0.244 e. The van der Waals surface area contributed by atoms with E-state index >= 15 is 0 Å². The summed E-state index contributed by atoms with van der Waals surface area (Å²) in [4.78, 5) is 38.3. The molecule has 0 radical (unpaired) electrons. The fourth-order valence-electron chi connectivity index (χ4n) is 3.75. The number of carbonyl (C=O) groups excluding carboxylic acids is 3. The van der Waals surface area contributed by atoms with Gasteiger partial charge in [-0.3, -0.25) is 19.3 Å². The number of imide groups is 1.